The molecule has 108 valence electrons. The molecule has 0 bridgehead atoms. The van der Waals surface area contributed by atoms with Gasteiger partial charge in [-0.1, -0.05) is 36.8 Å². The third-order valence-electron chi connectivity index (χ3n) is 4.59. The summed E-state index contributed by atoms with van der Waals surface area (Å²) in [6.45, 7) is 0.0616. The molecule has 1 aliphatic heterocycles. The Morgan fingerprint density at radius 1 is 1.19 bits per heavy atom. The van der Waals surface area contributed by atoms with Crippen LogP contribution < -0.4 is 5.32 Å². The Morgan fingerprint density at radius 3 is 2.52 bits per heavy atom. The highest BCUT2D eigenvalue weighted by atomic mass is 16.3. The van der Waals surface area contributed by atoms with E-state index in [1.807, 2.05) is 24.3 Å². The molecule has 3 nitrogen and oxygen atoms in total. The summed E-state index contributed by atoms with van der Waals surface area (Å²) >= 11 is 0. The molecular weight excluding hydrogens is 260 g/mol. The molecule has 2 N–H and O–H groups in total. The van der Waals surface area contributed by atoms with E-state index in [-0.39, 0.29) is 24.6 Å². The first-order valence-corrected chi connectivity index (χ1v) is 7.70. The molecule has 2 aliphatic rings. The Bertz CT molecular complexity index is 584. The molecule has 1 heterocycles. The van der Waals surface area contributed by atoms with Gasteiger partial charge in [-0.3, -0.25) is 5.32 Å². The Kier molecular flexibility index (Phi) is 4.25. The number of benzene rings is 1. The van der Waals surface area contributed by atoms with E-state index in [1.165, 1.54) is 25.7 Å². The van der Waals surface area contributed by atoms with E-state index in [0.717, 1.165) is 11.1 Å². The summed E-state index contributed by atoms with van der Waals surface area (Å²) in [6, 6.07) is 10.2. The predicted octanol–water partition coefficient (Wildman–Crippen LogP) is 2.17. The number of rotatable bonds is 2. The molecule has 0 unspecified atom stereocenters. The van der Waals surface area contributed by atoms with Crippen LogP contribution in [0.25, 0.3) is 0 Å². The second-order valence-corrected chi connectivity index (χ2v) is 5.96. The molecule has 2 fully saturated rings. The molecule has 1 aliphatic carbocycles. The van der Waals surface area contributed by atoms with E-state index < -0.39 is 0 Å². The van der Waals surface area contributed by atoms with Crippen LogP contribution in [0.5, 0.6) is 0 Å². The van der Waals surface area contributed by atoms with Crippen molar-refractivity contribution in [1.82, 2.24) is 5.32 Å². The molecule has 0 amide bonds. The molecule has 0 radical (unpaired) electrons. The van der Waals surface area contributed by atoms with Crippen LogP contribution in [-0.4, -0.2) is 23.8 Å². The van der Waals surface area contributed by atoms with E-state index in [0.29, 0.717) is 5.92 Å². The van der Waals surface area contributed by atoms with Crippen molar-refractivity contribution < 1.29 is 5.11 Å². The Labute approximate surface area is 126 Å². The van der Waals surface area contributed by atoms with Crippen LogP contribution in [0.2, 0.25) is 0 Å². The maximum atomic E-state index is 9.30. The number of nitriles is 1. The van der Waals surface area contributed by atoms with Crippen molar-refractivity contribution in [2.24, 2.45) is 5.92 Å². The zero-order valence-corrected chi connectivity index (χ0v) is 12.0. The Morgan fingerprint density at radius 2 is 1.90 bits per heavy atom. The van der Waals surface area contributed by atoms with Gasteiger partial charge in [-0.15, -0.1) is 0 Å². The average molecular weight is 280 g/mol. The molecule has 0 spiro atoms. The number of nitrogens with one attached hydrogen (secondary N) is 1. The lowest BCUT2D eigenvalue weighted by molar-refractivity contribution is 0.151. The molecule has 1 aromatic rings. The van der Waals surface area contributed by atoms with Gasteiger partial charge in [0.2, 0.25) is 0 Å². The van der Waals surface area contributed by atoms with Gasteiger partial charge in [0.1, 0.15) is 6.04 Å². The summed E-state index contributed by atoms with van der Waals surface area (Å²) in [5.41, 5.74) is 2.14. The minimum Gasteiger partial charge on any atom is -0.395 e. The fourth-order valence-electron chi connectivity index (χ4n) is 3.30. The zero-order chi connectivity index (χ0) is 14.7. The standard InChI is InChI=1S/C18H20N2O/c19-11-16-18(17(12-21)20-16)15-9-7-14(8-10-15)6-5-13-3-1-2-4-13/h7-10,13,16-18,20-21H,1-4,12H2/t16-,17-,18-/m1/s1. The molecule has 1 saturated heterocycles. The summed E-state index contributed by atoms with van der Waals surface area (Å²) in [6.07, 6.45) is 5.10. The highest BCUT2D eigenvalue weighted by molar-refractivity contribution is 5.40. The maximum Gasteiger partial charge on any atom is 0.104 e. The van der Waals surface area contributed by atoms with Crippen molar-refractivity contribution in [3.63, 3.8) is 0 Å². The minimum absolute atomic E-state index is 0.00919. The van der Waals surface area contributed by atoms with Gasteiger partial charge in [0.05, 0.1) is 12.7 Å². The van der Waals surface area contributed by atoms with Crippen molar-refractivity contribution in [3.8, 4) is 17.9 Å². The summed E-state index contributed by atoms with van der Waals surface area (Å²) in [5.74, 6) is 7.27. The summed E-state index contributed by atoms with van der Waals surface area (Å²) in [5, 5.41) is 21.4. The summed E-state index contributed by atoms with van der Waals surface area (Å²) < 4.78 is 0. The number of hydrogen-bond donors (Lipinski definition) is 2. The van der Waals surface area contributed by atoms with E-state index in [4.69, 9.17) is 5.26 Å². The maximum absolute atomic E-state index is 9.30. The normalized spacial score (nSPS) is 28.3. The molecular formula is C18H20N2O. The van der Waals surface area contributed by atoms with E-state index in [1.54, 1.807) is 0 Å². The lowest BCUT2D eigenvalue weighted by Crippen LogP contribution is -2.60. The van der Waals surface area contributed by atoms with Crippen LogP contribution in [0.3, 0.4) is 0 Å². The first kappa shape index (κ1) is 14.1. The van der Waals surface area contributed by atoms with E-state index >= 15 is 0 Å². The highest BCUT2D eigenvalue weighted by Gasteiger charge is 2.40. The SMILES string of the molecule is N#C[C@H]1N[C@H](CO)[C@@H]1c1ccc(C#CC2CCCC2)cc1. The van der Waals surface area contributed by atoms with Gasteiger partial charge < -0.3 is 5.11 Å². The molecule has 21 heavy (non-hydrogen) atoms. The molecule has 3 atom stereocenters. The Balaban J connectivity index is 1.70. The second kappa shape index (κ2) is 6.31. The monoisotopic (exact) mass is 280 g/mol. The molecule has 3 heteroatoms. The summed E-state index contributed by atoms with van der Waals surface area (Å²) in [4.78, 5) is 0. The lowest BCUT2D eigenvalue weighted by Gasteiger charge is -2.41. The van der Waals surface area contributed by atoms with Crippen LogP contribution in [0.4, 0.5) is 0 Å². The van der Waals surface area contributed by atoms with Gasteiger partial charge in [0.15, 0.2) is 0 Å². The second-order valence-electron chi connectivity index (χ2n) is 5.96. The van der Waals surface area contributed by atoms with Crippen molar-refractivity contribution in [1.29, 1.82) is 5.26 Å². The van der Waals surface area contributed by atoms with Crippen LogP contribution in [0, 0.1) is 29.1 Å². The van der Waals surface area contributed by atoms with Crippen molar-refractivity contribution in [3.05, 3.63) is 35.4 Å². The predicted molar refractivity (Wildman–Crippen MR) is 81.4 cm³/mol. The molecule has 3 rings (SSSR count). The van der Waals surface area contributed by atoms with Crippen LogP contribution in [0.1, 0.15) is 42.7 Å². The number of aliphatic hydroxyl groups is 1. The molecule has 0 aromatic heterocycles. The fourth-order valence-corrected chi connectivity index (χ4v) is 3.30. The topological polar surface area (TPSA) is 56.0 Å². The van der Waals surface area contributed by atoms with Crippen molar-refractivity contribution in [2.45, 2.75) is 43.7 Å². The number of hydrogen-bond acceptors (Lipinski definition) is 3. The quantitative estimate of drug-likeness (QED) is 0.816. The highest BCUT2D eigenvalue weighted by Crippen LogP contribution is 2.31. The van der Waals surface area contributed by atoms with Gasteiger partial charge >= 0.3 is 0 Å². The van der Waals surface area contributed by atoms with E-state index in [9.17, 15) is 5.11 Å². The lowest BCUT2D eigenvalue weighted by atomic mass is 9.78. The van der Waals surface area contributed by atoms with E-state index in [2.05, 4.69) is 23.2 Å². The zero-order valence-electron chi connectivity index (χ0n) is 12.0. The van der Waals surface area contributed by atoms with Gasteiger partial charge in [0, 0.05) is 23.4 Å². The van der Waals surface area contributed by atoms with Crippen LogP contribution in [-0.2, 0) is 0 Å². The average Bonchev–Trinajstić information content (AvgIpc) is 3.00. The van der Waals surface area contributed by atoms with Crippen molar-refractivity contribution in [2.75, 3.05) is 6.61 Å². The third-order valence-corrected chi connectivity index (χ3v) is 4.59. The first-order valence-electron chi connectivity index (χ1n) is 7.70. The third kappa shape index (κ3) is 2.95. The number of aliphatic hydroxyl groups excluding tert-OH is 1. The van der Waals surface area contributed by atoms with Crippen LogP contribution in [0.15, 0.2) is 24.3 Å². The molecule has 1 saturated carbocycles. The molecule has 1 aromatic carbocycles. The smallest absolute Gasteiger partial charge is 0.104 e. The summed E-state index contributed by atoms with van der Waals surface area (Å²) in [7, 11) is 0. The minimum atomic E-state index is -0.197. The van der Waals surface area contributed by atoms with Gasteiger partial charge in [-0.05, 0) is 30.5 Å². The first-order chi connectivity index (χ1) is 10.3. The fraction of sp³-hybridized carbons (Fsp3) is 0.500. The van der Waals surface area contributed by atoms with Crippen LogP contribution >= 0.6 is 0 Å². The largest absolute Gasteiger partial charge is 0.395 e. The van der Waals surface area contributed by atoms with Crippen molar-refractivity contribution >= 4 is 0 Å². The van der Waals surface area contributed by atoms with Gasteiger partial charge in [0.25, 0.3) is 0 Å². The van der Waals surface area contributed by atoms with Gasteiger partial charge in [-0.2, -0.15) is 5.26 Å². The Hall–Kier alpha value is -1.81. The van der Waals surface area contributed by atoms with Gasteiger partial charge in [-0.25, -0.2) is 0 Å². The number of nitrogens with zero attached hydrogens (tertiary/aromatic N) is 1.